The Kier molecular flexibility index (Phi) is 10.7. The molecule has 0 saturated carbocycles. The van der Waals surface area contributed by atoms with E-state index < -0.39 is 0 Å². The minimum absolute atomic E-state index is 0. The zero-order valence-corrected chi connectivity index (χ0v) is 18.9. The highest BCUT2D eigenvalue weighted by atomic mass is 35.5. The lowest BCUT2D eigenvalue weighted by molar-refractivity contribution is -0.131. The van der Waals surface area contributed by atoms with Crippen molar-refractivity contribution >= 4 is 60.6 Å². The van der Waals surface area contributed by atoms with Gasteiger partial charge in [-0.2, -0.15) is 0 Å². The summed E-state index contributed by atoms with van der Waals surface area (Å²) in [4.78, 5) is 19.3. The number of amides is 1. The molecule has 1 aromatic carbocycles. The number of carbonyl (C=O) groups is 1. The highest BCUT2D eigenvalue weighted by Gasteiger charge is 2.36. The van der Waals surface area contributed by atoms with Crippen molar-refractivity contribution in [2.24, 2.45) is 0 Å². The van der Waals surface area contributed by atoms with Gasteiger partial charge in [-0.3, -0.25) is 9.69 Å². The molecule has 1 N–H and O–H groups in total. The number of nitrogens with zero attached hydrogens (tertiary/aromatic N) is 3. The van der Waals surface area contributed by atoms with E-state index in [1.54, 1.807) is 0 Å². The van der Waals surface area contributed by atoms with Crippen LogP contribution in [-0.4, -0.2) is 78.7 Å². The van der Waals surface area contributed by atoms with Crippen LogP contribution in [0.1, 0.15) is 6.42 Å². The Morgan fingerprint density at radius 1 is 1.04 bits per heavy atom. The number of hydrogen-bond donors (Lipinski definition) is 1. The Balaban J connectivity index is 0.00000131. The number of thioether (sulfide) groups is 1. The third-order valence-electron chi connectivity index (χ3n) is 5.49. The van der Waals surface area contributed by atoms with Crippen LogP contribution in [0.5, 0.6) is 0 Å². The van der Waals surface area contributed by atoms with Gasteiger partial charge in [-0.1, -0.05) is 0 Å². The first-order valence-corrected chi connectivity index (χ1v) is 10.2. The van der Waals surface area contributed by atoms with Crippen LogP contribution < -0.4 is 10.2 Å². The predicted octanol–water partition coefficient (Wildman–Crippen LogP) is 2.48. The first kappa shape index (κ1) is 25.6. The fourth-order valence-corrected chi connectivity index (χ4v) is 4.94. The summed E-state index contributed by atoms with van der Waals surface area (Å²) in [7, 11) is 0. The topological polar surface area (TPSA) is 38.8 Å². The van der Waals surface area contributed by atoms with Crippen molar-refractivity contribution in [3.8, 4) is 0 Å². The van der Waals surface area contributed by atoms with Crippen molar-refractivity contribution < 1.29 is 9.18 Å². The summed E-state index contributed by atoms with van der Waals surface area (Å²) in [5, 5.41) is 3.43. The molecule has 28 heavy (non-hydrogen) atoms. The van der Waals surface area contributed by atoms with E-state index in [4.69, 9.17) is 0 Å². The largest absolute Gasteiger partial charge is 0.369 e. The number of rotatable bonds is 3. The van der Waals surface area contributed by atoms with E-state index in [1.807, 2.05) is 28.8 Å². The highest BCUT2D eigenvalue weighted by Crippen LogP contribution is 2.22. The van der Waals surface area contributed by atoms with Gasteiger partial charge in [0.05, 0.1) is 11.9 Å². The Labute approximate surface area is 189 Å². The third kappa shape index (κ3) is 5.80. The molecule has 160 valence electrons. The molecule has 4 rings (SSSR count). The van der Waals surface area contributed by atoms with E-state index in [-0.39, 0.29) is 55.0 Å². The molecule has 1 amide bonds. The van der Waals surface area contributed by atoms with Gasteiger partial charge >= 0.3 is 0 Å². The van der Waals surface area contributed by atoms with Crippen LogP contribution in [0.25, 0.3) is 0 Å². The van der Waals surface area contributed by atoms with E-state index in [0.717, 1.165) is 63.0 Å². The van der Waals surface area contributed by atoms with E-state index in [1.165, 1.54) is 12.1 Å². The fourth-order valence-electron chi connectivity index (χ4n) is 3.99. The Bertz CT molecular complexity index is 613. The molecule has 5 nitrogen and oxygen atoms in total. The Morgan fingerprint density at radius 3 is 2.32 bits per heavy atom. The van der Waals surface area contributed by atoms with Gasteiger partial charge in [-0.15, -0.1) is 49.0 Å². The smallest absolute Gasteiger partial charge is 0.240 e. The van der Waals surface area contributed by atoms with E-state index in [0.29, 0.717) is 6.04 Å². The molecule has 10 heteroatoms. The predicted molar refractivity (Wildman–Crippen MR) is 121 cm³/mol. The molecular weight excluding hydrogens is 446 g/mol. The molecule has 3 aliphatic heterocycles. The van der Waals surface area contributed by atoms with Crippen molar-refractivity contribution in [1.29, 1.82) is 0 Å². The van der Waals surface area contributed by atoms with E-state index in [2.05, 4.69) is 15.1 Å². The summed E-state index contributed by atoms with van der Waals surface area (Å²) in [6, 6.07) is 7.18. The summed E-state index contributed by atoms with van der Waals surface area (Å²) in [5.41, 5.74) is 1.09. The zero-order valence-electron chi connectivity index (χ0n) is 15.6. The third-order valence-corrected chi connectivity index (χ3v) is 6.46. The molecule has 3 fully saturated rings. The molecule has 0 bridgehead atoms. The van der Waals surface area contributed by atoms with Crippen molar-refractivity contribution in [3.05, 3.63) is 30.1 Å². The fraction of sp³-hybridized carbons (Fsp3) is 0.611. The van der Waals surface area contributed by atoms with Gasteiger partial charge in [0.15, 0.2) is 0 Å². The average Bonchev–Trinajstić information content (AvgIpc) is 3.34. The van der Waals surface area contributed by atoms with E-state index >= 15 is 0 Å². The van der Waals surface area contributed by atoms with Crippen molar-refractivity contribution in [1.82, 2.24) is 15.1 Å². The minimum atomic E-state index is -0.188. The molecular formula is C18H28Cl3FN4OS. The lowest BCUT2D eigenvalue weighted by Crippen LogP contribution is -2.51. The Morgan fingerprint density at radius 2 is 1.71 bits per heavy atom. The first-order valence-electron chi connectivity index (χ1n) is 9.05. The van der Waals surface area contributed by atoms with Gasteiger partial charge < -0.3 is 15.1 Å². The molecule has 0 aromatic heterocycles. The number of hydrogen-bond acceptors (Lipinski definition) is 5. The standard InChI is InChI=1S/C18H25FN4OS.3ClH/c19-14-1-3-15(4-2-14)21-5-7-22(8-6-21)16-11-17(20-12-16)18(24)23-9-10-25-13-23;;;/h1-4,16-17,20H,5-13H2;3*1H/t16-,17-;;;/m0.../s1. The van der Waals surface area contributed by atoms with Crippen LogP contribution in [0.2, 0.25) is 0 Å². The van der Waals surface area contributed by atoms with Crippen LogP contribution in [0.15, 0.2) is 24.3 Å². The van der Waals surface area contributed by atoms with Gasteiger partial charge in [-0.25, -0.2) is 4.39 Å². The second-order valence-corrected chi connectivity index (χ2v) is 8.06. The van der Waals surface area contributed by atoms with Crippen LogP contribution in [0.3, 0.4) is 0 Å². The normalized spacial score (nSPS) is 24.9. The second-order valence-electron chi connectivity index (χ2n) is 6.99. The maximum atomic E-state index is 13.1. The van der Waals surface area contributed by atoms with Gasteiger partial charge in [0.2, 0.25) is 5.91 Å². The van der Waals surface area contributed by atoms with Crippen LogP contribution in [0, 0.1) is 5.82 Å². The molecule has 3 aliphatic rings. The molecule has 0 unspecified atom stereocenters. The van der Waals surface area contributed by atoms with Crippen LogP contribution >= 0.6 is 49.0 Å². The number of piperazine rings is 1. The number of carbonyl (C=O) groups excluding carboxylic acids is 1. The number of halogens is 4. The van der Waals surface area contributed by atoms with Crippen LogP contribution in [-0.2, 0) is 4.79 Å². The van der Waals surface area contributed by atoms with Crippen molar-refractivity contribution in [2.75, 3.05) is 55.8 Å². The minimum Gasteiger partial charge on any atom is -0.369 e. The van der Waals surface area contributed by atoms with E-state index in [9.17, 15) is 9.18 Å². The first-order chi connectivity index (χ1) is 12.2. The summed E-state index contributed by atoms with van der Waals surface area (Å²) < 4.78 is 13.1. The zero-order chi connectivity index (χ0) is 17.2. The van der Waals surface area contributed by atoms with Crippen LogP contribution in [0.4, 0.5) is 10.1 Å². The van der Waals surface area contributed by atoms with Gasteiger partial charge in [0.1, 0.15) is 5.82 Å². The molecule has 3 saturated heterocycles. The molecule has 3 heterocycles. The van der Waals surface area contributed by atoms with Gasteiger partial charge in [0.25, 0.3) is 0 Å². The molecule has 2 atom stereocenters. The maximum Gasteiger partial charge on any atom is 0.240 e. The molecule has 0 radical (unpaired) electrons. The number of benzene rings is 1. The monoisotopic (exact) mass is 472 g/mol. The maximum absolute atomic E-state index is 13.1. The molecule has 1 aromatic rings. The number of nitrogens with one attached hydrogen (secondary N) is 1. The highest BCUT2D eigenvalue weighted by molar-refractivity contribution is 7.99. The summed E-state index contributed by atoms with van der Waals surface area (Å²) >= 11 is 1.84. The Hall–Kier alpha value is -0.440. The van der Waals surface area contributed by atoms with Crippen molar-refractivity contribution in [2.45, 2.75) is 18.5 Å². The lowest BCUT2D eigenvalue weighted by atomic mass is 10.1. The van der Waals surface area contributed by atoms with Gasteiger partial charge in [-0.05, 0) is 30.7 Å². The summed E-state index contributed by atoms with van der Waals surface area (Å²) in [6.07, 6.45) is 0.913. The quantitative estimate of drug-likeness (QED) is 0.730. The number of anilines is 1. The second kappa shape index (κ2) is 11.7. The molecule has 0 spiro atoms. The SMILES string of the molecule is Cl.Cl.Cl.O=C([C@@H]1C[C@H](N2CCN(c3ccc(F)cc3)CC2)CN1)N1CCSC1. The van der Waals surface area contributed by atoms with Crippen molar-refractivity contribution in [3.63, 3.8) is 0 Å². The summed E-state index contributed by atoms with van der Waals surface area (Å²) in [5.74, 6) is 2.00. The lowest BCUT2D eigenvalue weighted by Gasteiger charge is -2.39. The average molecular weight is 474 g/mol. The summed E-state index contributed by atoms with van der Waals surface area (Å²) in [6.45, 7) is 5.66. The van der Waals surface area contributed by atoms with Gasteiger partial charge in [0, 0.05) is 56.8 Å². The molecule has 0 aliphatic carbocycles.